The van der Waals surface area contributed by atoms with Gasteiger partial charge in [-0.05, 0) is 38.3 Å². The standard InChI is InChI=1S/C16H19NO/c1-3-13-6-8-14(9-7-13)16(18)17-15-10-4-12(2)5-11-15/h4-6,8,10-11H,3,7,9H2,1-2H3,(H,17,18). The number of hydrogen-bond acceptors (Lipinski definition) is 1. The van der Waals surface area contributed by atoms with E-state index in [0.29, 0.717) is 0 Å². The van der Waals surface area contributed by atoms with Crippen molar-refractivity contribution in [1.82, 2.24) is 0 Å². The fourth-order valence-electron chi connectivity index (χ4n) is 2.01. The molecular weight excluding hydrogens is 222 g/mol. The number of hydrogen-bond donors (Lipinski definition) is 1. The van der Waals surface area contributed by atoms with Crippen LogP contribution < -0.4 is 5.32 Å². The summed E-state index contributed by atoms with van der Waals surface area (Å²) < 4.78 is 0. The SMILES string of the molecule is CCC1=CC=C(C(=O)Nc2ccc(C)cc2)CC1. The zero-order chi connectivity index (χ0) is 13.0. The van der Waals surface area contributed by atoms with E-state index in [0.717, 1.165) is 30.5 Å². The largest absolute Gasteiger partial charge is 0.322 e. The molecule has 1 amide bonds. The van der Waals surface area contributed by atoms with E-state index in [1.165, 1.54) is 11.1 Å². The lowest BCUT2D eigenvalue weighted by molar-refractivity contribution is -0.113. The monoisotopic (exact) mass is 241 g/mol. The van der Waals surface area contributed by atoms with Crippen LogP contribution in [0, 0.1) is 6.92 Å². The molecule has 0 unspecified atom stereocenters. The first-order valence-corrected chi connectivity index (χ1v) is 6.45. The molecule has 2 nitrogen and oxygen atoms in total. The molecule has 0 aromatic heterocycles. The molecular formula is C16H19NO. The molecule has 0 radical (unpaired) electrons. The zero-order valence-electron chi connectivity index (χ0n) is 11.0. The second-order valence-corrected chi connectivity index (χ2v) is 4.69. The van der Waals surface area contributed by atoms with Crippen molar-refractivity contribution in [2.24, 2.45) is 0 Å². The molecule has 0 bridgehead atoms. The topological polar surface area (TPSA) is 29.1 Å². The molecule has 2 heteroatoms. The fourth-order valence-corrected chi connectivity index (χ4v) is 2.01. The molecule has 94 valence electrons. The maximum Gasteiger partial charge on any atom is 0.251 e. The minimum absolute atomic E-state index is 0.0188. The minimum atomic E-state index is 0.0188. The van der Waals surface area contributed by atoms with E-state index in [1.807, 2.05) is 37.3 Å². The van der Waals surface area contributed by atoms with Gasteiger partial charge in [0.2, 0.25) is 0 Å². The number of allylic oxidation sites excluding steroid dienone is 3. The molecule has 0 atom stereocenters. The van der Waals surface area contributed by atoms with Crippen LogP contribution >= 0.6 is 0 Å². The van der Waals surface area contributed by atoms with Crippen LogP contribution in [0.2, 0.25) is 0 Å². The molecule has 1 aromatic rings. The summed E-state index contributed by atoms with van der Waals surface area (Å²) in [7, 11) is 0. The first-order valence-electron chi connectivity index (χ1n) is 6.45. The van der Waals surface area contributed by atoms with Crippen molar-refractivity contribution in [3.8, 4) is 0 Å². The molecule has 0 spiro atoms. The van der Waals surface area contributed by atoms with E-state index >= 15 is 0 Å². The number of rotatable bonds is 3. The first kappa shape index (κ1) is 12.6. The van der Waals surface area contributed by atoms with Crippen LogP contribution in [0.5, 0.6) is 0 Å². The Kier molecular flexibility index (Phi) is 3.98. The predicted molar refractivity (Wildman–Crippen MR) is 75.5 cm³/mol. The van der Waals surface area contributed by atoms with Crippen molar-refractivity contribution in [3.63, 3.8) is 0 Å². The Balaban J connectivity index is 2.03. The molecule has 1 aliphatic rings. The third-order valence-electron chi connectivity index (χ3n) is 3.29. The smallest absolute Gasteiger partial charge is 0.251 e. The number of amides is 1. The summed E-state index contributed by atoms with van der Waals surface area (Å²) in [6.07, 6.45) is 6.95. The number of carbonyl (C=O) groups is 1. The highest BCUT2D eigenvalue weighted by molar-refractivity contribution is 6.04. The molecule has 1 aromatic carbocycles. The molecule has 0 saturated carbocycles. The quantitative estimate of drug-likeness (QED) is 0.851. The molecule has 1 N–H and O–H groups in total. The molecule has 0 saturated heterocycles. The van der Waals surface area contributed by atoms with Crippen LogP contribution in [0.1, 0.15) is 31.7 Å². The lowest BCUT2D eigenvalue weighted by Crippen LogP contribution is -2.15. The maximum atomic E-state index is 12.0. The van der Waals surface area contributed by atoms with E-state index < -0.39 is 0 Å². The van der Waals surface area contributed by atoms with Crippen molar-refractivity contribution in [2.75, 3.05) is 5.32 Å². The van der Waals surface area contributed by atoms with Crippen molar-refractivity contribution in [1.29, 1.82) is 0 Å². The Morgan fingerprint density at radius 2 is 1.89 bits per heavy atom. The Labute approximate surface area is 108 Å². The van der Waals surface area contributed by atoms with Gasteiger partial charge in [0.05, 0.1) is 0 Å². The van der Waals surface area contributed by atoms with Gasteiger partial charge >= 0.3 is 0 Å². The van der Waals surface area contributed by atoms with E-state index in [2.05, 4.69) is 18.3 Å². The summed E-state index contributed by atoms with van der Waals surface area (Å²) in [5.41, 5.74) is 4.34. The molecule has 0 aliphatic heterocycles. The van der Waals surface area contributed by atoms with E-state index in [4.69, 9.17) is 0 Å². The molecule has 0 heterocycles. The predicted octanol–water partition coefficient (Wildman–Crippen LogP) is 3.99. The van der Waals surface area contributed by atoms with Gasteiger partial charge in [0.15, 0.2) is 0 Å². The zero-order valence-corrected chi connectivity index (χ0v) is 11.0. The summed E-state index contributed by atoms with van der Waals surface area (Å²) in [6.45, 7) is 4.18. The van der Waals surface area contributed by atoms with Gasteiger partial charge in [-0.2, -0.15) is 0 Å². The van der Waals surface area contributed by atoms with Gasteiger partial charge in [0, 0.05) is 11.3 Å². The average Bonchev–Trinajstić information content (AvgIpc) is 2.41. The fraction of sp³-hybridized carbons (Fsp3) is 0.312. The average molecular weight is 241 g/mol. The summed E-state index contributed by atoms with van der Waals surface area (Å²) in [6, 6.07) is 7.87. The lowest BCUT2D eigenvalue weighted by atomic mass is 9.96. The second kappa shape index (κ2) is 5.67. The van der Waals surface area contributed by atoms with Crippen molar-refractivity contribution in [2.45, 2.75) is 33.1 Å². The summed E-state index contributed by atoms with van der Waals surface area (Å²) >= 11 is 0. The third kappa shape index (κ3) is 3.10. The number of carbonyl (C=O) groups excluding carboxylic acids is 1. The highest BCUT2D eigenvalue weighted by atomic mass is 16.1. The Bertz CT molecular complexity index is 494. The minimum Gasteiger partial charge on any atom is -0.322 e. The van der Waals surface area contributed by atoms with Crippen LogP contribution in [0.4, 0.5) is 5.69 Å². The normalized spacial score (nSPS) is 14.8. The van der Waals surface area contributed by atoms with Gasteiger partial charge in [-0.1, -0.05) is 42.3 Å². The summed E-state index contributed by atoms with van der Waals surface area (Å²) in [5, 5.41) is 2.94. The van der Waals surface area contributed by atoms with Gasteiger partial charge in [-0.3, -0.25) is 4.79 Å². The summed E-state index contributed by atoms with van der Waals surface area (Å²) in [4.78, 5) is 12.0. The molecule has 18 heavy (non-hydrogen) atoms. The molecule has 0 fully saturated rings. The Morgan fingerprint density at radius 1 is 1.17 bits per heavy atom. The van der Waals surface area contributed by atoms with Gasteiger partial charge in [0.1, 0.15) is 0 Å². The highest BCUT2D eigenvalue weighted by Crippen LogP contribution is 2.21. The van der Waals surface area contributed by atoms with E-state index in [1.54, 1.807) is 0 Å². The van der Waals surface area contributed by atoms with Crippen LogP contribution in [0.25, 0.3) is 0 Å². The van der Waals surface area contributed by atoms with Gasteiger partial charge in [-0.25, -0.2) is 0 Å². The van der Waals surface area contributed by atoms with Crippen LogP contribution in [-0.2, 0) is 4.79 Å². The Morgan fingerprint density at radius 3 is 2.44 bits per heavy atom. The first-order chi connectivity index (χ1) is 8.69. The number of benzene rings is 1. The highest BCUT2D eigenvalue weighted by Gasteiger charge is 2.12. The van der Waals surface area contributed by atoms with Crippen molar-refractivity contribution in [3.05, 3.63) is 53.1 Å². The van der Waals surface area contributed by atoms with Gasteiger partial charge < -0.3 is 5.32 Å². The number of aryl methyl sites for hydroxylation is 1. The molecule has 2 rings (SSSR count). The second-order valence-electron chi connectivity index (χ2n) is 4.69. The van der Waals surface area contributed by atoms with Crippen molar-refractivity contribution >= 4 is 11.6 Å². The van der Waals surface area contributed by atoms with Crippen molar-refractivity contribution < 1.29 is 4.79 Å². The van der Waals surface area contributed by atoms with Gasteiger partial charge in [0.25, 0.3) is 5.91 Å². The lowest BCUT2D eigenvalue weighted by Gasteiger charge is -2.13. The van der Waals surface area contributed by atoms with E-state index in [-0.39, 0.29) is 5.91 Å². The molecule has 1 aliphatic carbocycles. The summed E-state index contributed by atoms with van der Waals surface area (Å²) in [5.74, 6) is 0.0188. The maximum absolute atomic E-state index is 12.0. The van der Waals surface area contributed by atoms with Crippen LogP contribution in [-0.4, -0.2) is 5.91 Å². The number of nitrogens with one attached hydrogen (secondary N) is 1. The van der Waals surface area contributed by atoms with Crippen LogP contribution in [0.3, 0.4) is 0 Å². The number of anilines is 1. The Hall–Kier alpha value is -1.83. The third-order valence-corrected chi connectivity index (χ3v) is 3.29. The van der Waals surface area contributed by atoms with Crippen LogP contribution in [0.15, 0.2) is 47.6 Å². The van der Waals surface area contributed by atoms with Gasteiger partial charge in [-0.15, -0.1) is 0 Å². The van der Waals surface area contributed by atoms with E-state index in [9.17, 15) is 4.79 Å².